The van der Waals surface area contributed by atoms with Crippen LogP contribution in [0.25, 0.3) is 11.1 Å². The van der Waals surface area contributed by atoms with E-state index < -0.39 is 6.04 Å². The molecule has 0 radical (unpaired) electrons. The van der Waals surface area contributed by atoms with Crippen LogP contribution in [0.3, 0.4) is 0 Å². The van der Waals surface area contributed by atoms with Crippen molar-refractivity contribution in [2.75, 3.05) is 26.2 Å². The van der Waals surface area contributed by atoms with Crippen LogP contribution in [0.5, 0.6) is 17.2 Å². The van der Waals surface area contributed by atoms with E-state index in [1.54, 1.807) is 48.2 Å². The van der Waals surface area contributed by atoms with Crippen molar-refractivity contribution >= 4 is 28.8 Å². The number of hydrogen-bond donors (Lipinski definition) is 1. The van der Waals surface area contributed by atoms with Crippen LogP contribution in [-0.2, 0) is 16.1 Å². The number of nitrogens with one attached hydrogen (secondary N) is 1. The Labute approximate surface area is 267 Å². The highest BCUT2D eigenvalue weighted by Crippen LogP contribution is 2.30. The van der Waals surface area contributed by atoms with Crippen molar-refractivity contribution < 1.29 is 33.0 Å². The lowest BCUT2D eigenvalue weighted by atomic mass is 10.00. The normalized spacial score (nSPS) is 19.1. The van der Waals surface area contributed by atoms with E-state index in [-0.39, 0.29) is 49.6 Å². The maximum atomic E-state index is 13.7. The number of ether oxygens (including phenoxy) is 3. The van der Waals surface area contributed by atoms with Gasteiger partial charge in [0.05, 0.1) is 31.4 Å². The zero-order chi connectivity index (χ0) is 32.4. The largest absolute Gasteiger partial charge is 0.491 e. The monoisotopic (exact) mass is 626 g/mol. The Morgan fingerprint density at radius 1 is 1.09 bits per heavy atom. The van der Waals surface area contributed by atoms with Crippen LogP contribution in [0.15, 0.2) is 65.1 Å². The average molecular weight is 627 g/mol. The predicted octanol–water partition coefficient (Wildman–Crippen LogP) is 5.11. The maximum Gasteiger partial charge on any atom is 0.254 e. The number of fused-ring (bicyclic) bond motifs is 6. The second-order valence-corrected chi connectivity index (χ2v) is 11.9. The zero-order valence-electron chi connectivity index (χ0n) is 26.4. The molecule has 11 heteroatoms. The van der Waals surface area contributed by atoms with Crippen LogP contribution in [-0.4, -0.2) is 76.9 Å². The molecule has 3 heterocycles. The summed E-state index contributed by atoms with van der Waals surface area (Å²) in [4.78, 5) is 48.3. The van der Waals surface area contributed by atoms with E-state index in [4.69, 9.17) is 18.6 Å². The molecule has 4 aromatic rings. The van der Waals surface area contributed by atoms with Gasteiger partial charge in [-0.1, -0.05) is 12.1 Å². The number of benzene rings is 3. The molecule has 3 aromatic carbocycles. The lowest BCUT2D eigenvalue weighted by molar-refractivity contribution is -0.124. The van der Waals surface area contributed by atoms with Crippen LogP contribution in [0.4, 0.5) is 0 Å². The molecule has 2 atom stereocenters. The van der Waals surface area contributed by atoms with Crippen LogP contribution in [0, 0.1) is 6.92 Å². The molecular weight excluding hydrogens is 588 g/mol. The number of nitrogens with zero attached hydrogens (tertiary/aromatic N) is 3. The van der Waals surface area contributed by atoms with E-state index in [1.807, 2.05) is 45.0 Å². The zero-order valence-corrected chi connectivity index (χ0v) is 26.4. The van der Waals surface area contributed by atoms with Gasteiger partial charge in [-0.2, -0.15) is 0 Å². The number of piperidine rings is 1. The molecule has 0 spiro atoms. The molecule has 0 unspecified atom stereocenters. The van der Waals surface area contributed by atoms with Gasteiger partial charge in [-0.25, -0.2) is 4.98 Å². The summed E-state index contributed by atoms with van der Waals surface area (Å²) in [6, 6.07) is 17.3. The molecule has 0 aliphatic carbocycles. The first-order chi connectivity index (χ1) is 22.1. The molecule has 1 N–H and O–H groups in total. The molecule has 2 aliphatic heterocycles. The van der Waals surface area contributed by atoms with Crippen LogP contribution in [0.2, 0.25) is 0 Å². The first-order valence-corrected chi connectivity index (χ1v) is 15.6. The molecule has 4 bridgehead atoms. The summed E-state index contributed by atoms with van der Waals surface area (Å²) in [6.07, 6.45) is 0.0312. The Morgan fingerprint density at radius 2 is 1.93 bits per heavy atom. The maximum absolute atomic E-state index is 13.7. The van der Waals surface area contributed by atoms with Crippen LogP contribution >= 0.6 is 0 Å². The quantitative estimate of drug-likeness (QED) is 0.332. The molecule has 11 nitrogen and oxygen atoms in total. The van der Waals surface area contributed by atoms with Crippen molar-refractivity contribution in [1.82, 2.24) is 20.1 Å². The van der Waals surface area contributed by atoms with Crippen LogP contribution < -0.4 is 14.8 Å². The van der Waals surface area contributed by atoms with Crippen molar-refractivity contribution in [2.45, 2.75) is 59.0 Å². The molecule has 3 amide bonds. The first kappa shape index (κ1) is 31.1. The van der Waals surface area contributed by atoms with Crippen molar-refractivity contribution in [3.05, 3.63) is 83.2 Å². The van der Waals surface area contributed by atoms with Crippen molar-refractivity contribution in [3.63, 3.8) is 0 Å². The Hall–Kier alpha value is -4.90. The lowest BCUT2D eigenvalue weighted by Crippen LogP contribution is -2.58. The van der Waals surface area contributed by atoms with Gasteiger partial charge in [0.2, 0.25) is 5.91 Å². The molecule has 1 saturated heterocycles. The summed E-state index contributed by atoms with van der Waals surface area (Å²) in [5.41, 5.74) is 2.94. The van der Waals surface area contributed by atoms with Crippen LogP contribution in [0.1, 0.15) is 59.4 Å². The minimum atomic E-state index is -0.503. The average Bonchev–Trinajstić information content (AvgIpc) is 3.41. The number of aryl methyl sites for hydroxylation is 1. The minimum absolute atomic E-state index is 0.117. The highest BCUT2D eigenvalue weighted by atomic mass is 16.5. The number of likely N-dealkylation sites (N-methyl/N-ethyl adjacent to an activating group) is 1. The molecular formula is C35H38N4O7. The molecule has 240 valence electrons. The van der Waals surface area contributed by atoms with Gasteiger partial charge in [0, 0.05) is 43.8 Å². The van der Waals surface area contributed by atoms with Gasteiger partial charge >= 0.3 is 0 Å². The standard InChI is InChI=1S/C35H38N4O7/c1-5-38-19-33(40)37-30-18-39(34(41)24-9-10-29-32(16-24)45-22(4)36-29)12-11-31(30)43-20-23-7-6-8-26(13-23)46-28-15-25(35(38)42)14-27(17-28)44-21(2)3/h6-10,13-17,21,30-31H,5,11-12,18-20H2,1-4H3,(H,37,40)/t30-,31-/m0/s1. The van der Waals surface area contributed by atoms with Crippen molar-refractivity contribution in [1.29, 1.82) is 0 Å². The van der Waals surface area contributed by atoms with Crippen molar-refractivity contribution in [3.8, 4) is 17.2 Å². The number of rotatable bonds is 4. The minimum Gasteiger partial charge on any atom is -0.491 e. The summed E-state index contributed by atoms with van der Waals surface area (Å²) < 4.78 is 24.1. The summed E-state index contributed by atoms with van der Waals surface area (Å²) in [6.45, 7) is 8.50. The topological polar surface area (TPSA) is 123 Å². The molecule has 0 saturated carbocycles. The fourth-order valence-corrected chi connectivity index (χ4v) is 5.88. The van der Waals surface area contributed by atoms with Gasteiger partial charge in [-0.3, -0.25) is 14.4 Å². The summed E-state index contributed by atoms with van der Waals surface area (Å²) >= 11 is 0. The predicted molar refractivity (Wildman–Crippen MR) is 170 cm³/mol. The second-order valence-electron chi connectivity index (χ2n) is 11.9. The third kappa shape index (κ3) is 6.99. The molecule has 2 aliphatic rings. The Kier molecular flexibility index (Phi) is 8.94. The number of oxazole rings is 1. The van der Waals surface area contributed by atoms with Gasteiger partial charge < -0.3 is 33.7 Å². The van der Waals surface area contributed by atoms with Gasteiger partial charge in [-0.05, 0) is 75.2 Å². The fraction of sp³-hybridized carbons (Fsp3) is 0.371. The molecule has 6 rings (SSSR count). The molecule has 46 heavy (non-hydrogen) atoms. The Morgan fingerprint density at radius 3 is 2.74 bits per heavy atom. The number of carbonyl (C=O) groups excluding carboxylic acids is 3. The third-order valence-electron chi connectivity index (χ3n) is 8.03. The Bertz CT molecular complexity index is 1770. The number of amides is 3. The van der Waals surface area contributed by atoms with E-state index in [0.29, 0.717) is 64.9 Å². The third-order valence-corrected chi connectivity index (χ3v) is 8.03. The Balaban J connectivity index is 1.28. The fourth-order valence-electron chi connectivity index (χ4n) is 5.88. The number of likely N-dealkylation sites (tertiary alicyclic amines) is 1. The number of aromatic nitrogens is 1. The van der Waals surface area contributed by atoms with E-state index in [2.05, 4.69) is 10.3 Å². The highest BCUT2D eigenvalue weighted by molar-refractivity contribution is 5.98. The number of carbonyl (C=O) groups is 3. The molecule has 1 aromatic heterocycles. The van der Waals surface area contributed by atoms with E-state index >= 15 is 0 Å². The second kappa shape index (κ2) is 13.2. The summed E-state index contributed by atoms with van der Waals surface area (Å²) in [7, 11) is 0. The van der Waals surface area contributed by atoms with E-state index in [0.717, 1.165) is 5.56 Å². The molecule has 1 fully saturated rings. The highest BCUT2D eigenvalue weighted by Gasteiger charge is 2.34. The first-order valence-electron chi connectivity index (χ1n) is 15.6. The SMILES string of the molecule is CCN1CC(=O)N[C@H]2CN(C(=O)c3ccc4nc(C)oc4c3)CC[C@@H]2OCc2cccc(c2)Oc2cc(OC(C)C)cc(c2)C1=O. The van der Waals surface area contributed by atoms with E-state index in [1.165, 1.54) is 4.90 Å². The van der Waals surface area contributed by atoms with Gasteiger partial charge in [0.15, 0.2) is 11.5 Å². The number of hydrogen-bond acceptors (Lipinski definition) is 8. The lowest BCUT2D eigenvalue weighted by Gasteiger charge is -2.39. The van der Waals surface area contributed by atoms with Gasteiger partial charge in [0.25, 0.3) is 11.8 Å². The van der Waals surface area contributed by atoms with Gasteiger partial charge in [-0.15, -0.1) is 0 Å². The summed E-state index contributed by atoms with van der Waals surface area (Å²) in [5.74, 6) is 1.20. The van der Waals surface area contributed by atoms with Crippen molar-refractivity contribution in [2.24, 2.45) is 0 Å². The van der Waals surface area contributed by atoms with Gasteiger partial charge in [0.1, 0.15) is 22.8 Å². The summed E-state index contributed by atoms with van der Waals surface area (Å²) in [5, 5.41) is 3.08. The van der Waals surface area contributed by atoms with E-state index in [9.17, 15) is 14.4 Å². The smallest absolute Gasteiger partial charge is 0.254 e.